The molecule has 2 aliphatic rings. The molecule has 2 unspecified atom stereocenters. The van der Waals surface area contributed by atoms with Gasteiger partial charge >= 0.3 is 0 Å². The number of carbonyl (C=O) groups excluding carboxylic acids is 1. The highest BCUT2D eigenvalue weighted by atomic mass is 19.1. The number of aromatic nitrogens is 2. The maximum atomic E-state index is 13.5. The molecule has 34 heavy (non-hydrogen) atoms. The van der Waals surface area contributed by atoms with Gasteiger partial charge in [0, 0.05) is 23.0 Å². The third kappa shape index (κ3) is 4.29. The number of amides is 1. The molecule has 3 heterocycles. The number of para-hydroxylation sites is 1. The van der Waals surface area contributed by atoms with Crippen LogP contribution in [0.3, 0.4) is 0 Å². The fourth-order valence-corrected chi connectivity index (χ4v) is 5.77. The summed E-state index contributed by atoms with van der Waals surface area (Å²) in [5, 5.41) is 7.83. The number of halogens is 1. The zero-order valence-electron chi connectivity index (χ0n) is 20.0. The first-order valence-electron chi connectivity index (χ1n) is 12.4. The monoisotopic (exact) mass is 464 g/mol. The average molecular weight is 465 g/mol. The highest BCUT2D eigenvalue weighted by Gasteiger charge is 2.49. The Bertz CT molecular complexity index is 1160. The van der Waals surface area contributed by atoms with Gasteiger partial charge in [0.2, 0.25) is 0 Å². The Morgan fingerprint density at radius 2 is 1.97 bits per heavy atom. The van der Waals surface area contributed by atoms with Crippen LogP contribution in [0, 0.1) is 5.82 Å². The summed E-state index contributed by atoms with van der Waals surface area (Å²) < 4.78 is 20.9. The van der Waals surface area contributed by atoms with Gasteiger partial charge in [-0.15, -0.1) is 0 Å². The van der Waals surface area contributed by atoms with Crippen molar-refractivity contribution >= 4 is 16.8 Å². The lowest BCUT2D eigenvalue weighted by molar-refractivity contribution is -0.00231. The first-order valence-corrected chi connectivity index (χ1v) is 12.4. The van der Waals surface area contributed by atoms with Gasteiger partial charge in [-0.2, -0.15) is 5.10 Å². The van der Waals surface area contributed by atoms with Crippen LogP contribution in [0.1, 0.15) is 75.3 Å². The summed E-state index contributed by atoms with van der Waals surface area (Å²) in [5.74, 6) is 0.295. The molecule has 1 aromatic heterocycles. The number of nitrogens with one attached hydrogen (secondary N) is 1. The van der Waals surface area contributed by atoms with Crippen molar-refractivity contribution in [3.05, 3.63) is 60.0 Å². The van der Waals surface area contributed by atoms with Crippen molar-refractivity contribution in [1.82, 2.24) is 20.2 Å². The van der Waals surface area contributed by atoms with Crippen molar-refractivity contribution < 1.29 is 13.9 Å². The minimum atomic E-state index is -0.261. The minimum absolute atomic E-state index is 0.0405. The second-order valence-electron chi connectivity index (χ2n) is 9.93. The predicted molar refractivity (Wildman–Crippen MR) is 130 cm³/mol. The third-order valence-electron chi connectivity index (χ3n) is 7.41. The molecule has 1 amide bonds. The molecule has 2 bridgehead atoms. The smallest absolute Gasteiger partial charge is 0.286 e. The Morgan fingerprint density at radius 1 is 1.18 bits per heavy atom. The molecule has 0 saturated carbocycles. The van der Waals surface area contributed by atoms with Gasteiger partial charge in [0.1, 0.15) is 11.6 Å². The van der Waals surface area contributed by atoms with E-state index in [1.54, 1.807) is 12.1 Å². The number of rotatable bonds is 8. The quantitative estimate of drug-likeness (QED) is 0.438. The van der Waals surface area contributed by atoms with Crippen molar-refractivity contribution in [3.8, 4) is 5.75 Å². The fraction of sp³-hybridized carbons (Fsp3) is 0.481. The van der Waals surface area contributed by atoms with Crippen LogP contribution in [0.25, 0.3) is 10.9 Å². The van der Waals surface area contributed by atoms with E-state index in [0.29, 0.717) is 24.1 Å². The maximum absolute atomic E-state index is 13.5. The van der Waals surface area contributed by atoms with Gasteiger partial charge in [-0.3, -0.25) is 14.9 Å². The summed E-state index contributed by atoms with van der Waals surface area (Å²) in [6.45, 7) is 4.73. The number of fused-ring (bicyclic) bond motifs is 3. The van der Waals surface area contributed by atoms with E-state index in [1.807, 2.05) is 28.9 Å². The molecule has 180 valence electrons. The van der Waals surface area contributed by atoms with E-state index in [4.69, 9.17) is 9.84 Å². The van der Waals surface area contributed by atoms with Crippen molar-refractivity contribution in [3.63, 3.8) is 0 Å². The number of benzene rings is 2. The Morgan fingerprint density at radius 3 is 2.76 bits per heavy atom. The Hall–Kier alpha value is -2.93. The standard InChI is InChI=1S/C27H33FN4O2/c1-19(2)31-24-9-4-3-8-23(24)25(29-31)26(33)30-32-21-7-5-15-27(32,17-14-21)16-6-18-34-22-12-10-20(28)11-13-22/h3-4,8-13,19,21H,5-7,14-18H2,1-2H3,(H,30,33). The Kier molecular flexibility index (Phi) is 6.30. The number of piperidine rings is 1. The van der Waals surface area contributed by atoms with Crippen LogP contribution in [0.15, 0.2) is 48.5 Å². The zero-order valence-corrected chi connectivity index (χ0v) is 20.0. The van der Waals surface area contributed by atoms with Crippen LogP contribution in [0.2, 0.25) is 0 Å². The van der Waals surface area contributed by atoms with Gasteiger partial charge in [-0.1, -0.05) is 18.2 Å². The first-order chi connectivity index (χ1) is 16.5. The number of hydrogen-bond donors (Lipinski definition) is 1. The van der Waals surface area contributed by atoms with E-state index >= 15 is 0 Å². The van der Waals surface area contributed by atoms with Gasteiger partial charge in [0.25, 0.3) is 5.91 Å². The highest BCUT2D eigenvalue weighted by Crippen LogP contribution is 2.45. The number of ether oxygens (including phenoxy) is 1. The molecule has 2 aromatic carbocycles. The number of hydrazine groups is 1. The topological polar surface area (TPSA) is 59.4 Å². The van der Waals surface area contributed by atoms with E-state index in [-0.39, 0.29) is 23.3 Å². The Balaban J connectivity index is 1.29. The van der Waals surface area contributed by atoms with Crippen molar-refractivity contribution in [1.29, 1.82) is 0 Å². The Labute approximate surface area is 200 Å². The van der Waals surface area contributed by atoms with E-state index in [9.17, 15) is 9.18 Å². The fourth-order valence-electron chi connectivity index (χ4n) is 5.77. The minimum Gasteiger partial charge on any atom is -0.494 e. The zero-order chi connectivity index (χ0) is 23.7. The summed E-state index contributed by atoms with van der Waals surface area (Å²) in [4.78, 5) is 13.5. The van der Waals surface area contributed by atoms with Crippen LogP contribution in [-0.4, -0.2) is 38.9 Å². The molecule has 6 nitrogen and oxygen atoms in total. The SMILES string of the molecule is CC(C)n1nc(C(=O)NN2C3CCCC2(CCCOc2ccc(F)cc2)CC3)c2ccccc21. The normalized spacial score (nSPS) is 22.4. The second-order valence-corrected chi connectivity index (χ2v) is 9.93. The lowest BCUT2D eigenvalue weighted by atomic mass is 9.85. The van der Waals surface area contributed by atoms with E-state index in [0.717, 1.165) is 49.4 Å². The molecule has 1 N–H and O–H groups in total. The molecular formula is C27H33FN4O2. The van der Waals surface area contributed by atoms with Crippen LogP contribution < -0.4 is 10.2 Å². The van der Waals surface area contributed by atoms with Crippen LogP contribution >= 0.6 is 0 Å². The van der Waals surface area contributed by atoms with Crippen molar-refractivity contribution in [2.24, 2.45) is 0 Å². The average Bonchev–Trinajstić information content (AvgIpc) is 3.30. The largest absolute Gasteiger partial charge is 0.494 e. The maximum Gasteiger partial charge on any atom is 0.286 e. The molecule has 5 rings (SSSR count). The summed E-state index contributed by atoms with van der Waals surface area (Å²) in [6, 6.07) is 14.6. The van der Waals surface area contributed by atoms with Gasteiger partial charge in [0.15, 0.2) is 5.69 Å². The number of carbonyl (C=O) groups is 1. The summed E-state index contributed by atoms with van der Waals surface area (Å²) in [5.41, 5.74) is 4.72. The first kappa shape index (κ1) is 22.8. The molecule has 2 atom stereocenters. The molecule has 2 fully saturated rings. The van der Waals surface area contributed by atoms with Crippen LogP contribution in [0.5, 0.6) is 5.75 Å². The molecule has 7 heteroatoms. The second kappa shape index (κ2) is 9.37. The lowest BCUT2D eigenvalue weighted by Crippen LogP contribution is -2.58. The number of hydrogen-bond acceptors (Lipinski definition) is 4. The van der Waals surface area contributed by atoms with Gasteiger partial charge in [0.05, 0.1) is 12.1 Å². The van der Waals surface area contributed by atoms with E-state index < -0.39 is 0 Å². The predicted octanol–water partition coefficient (Wildman–Crippen LogP) is 5.65. The van der Waals surface area contributed by atoms with Gasteiger partial charge in [-0.05, 0) is 89.1 Å². The van der Waals surface area contributed by atoms with E-state index in [2.05, 4.69) is 24.3 Å². The number of nitrogens with zero attached hydrogens (tertiary/aromatic N) is 3. The van der Waals surface area contributed by atoms with Gasteiger partial charge in [-0.25, -0.2) is 9.40 Å². The molecular weight excluding hydrogens is 431 g/mol. The lowest BCUT2D eigenvalue weighted by Gasteiger charge is -2.44. The summed E-state index contributed by atoms with van der Waals surface area (Å²) >= 11 is 0. The molecule has 2 aliphatic heterocycles. The van der Waals surface area contributed by atoms with Crippen LogP contribution in [-0.2, 0) is 0 Å². The molecule has 2 saturated heterocycles. The van der Waals surface area contributed by atoms with E-state index in [1.165, 1.54) is 18.6 Å². The molecule has 0 aliphatic carbocycles. The van der Waals surface area contributed by atoms with Crippen molar-refractivity contribution in [2.75, 3.05) is 6.61 Å². The molecule has 0 radical (unpaired) electrons. The van der Waals surface area contributed by atoms with Crippen molar-refractivity contribution in [2.45, 2.75) is 76.4 Å². The highest BCUT2D eigenvalue weighted by molar-refractivity contribution is 6.04. The van der Waals surface area contributed by atoms with Crippen LogP contribution in [0.4, 0.5) is 4.39 Å². The summed E-state index contributed by atoms with van der Waals surface area (Å²) in [6.07, 6.45) is 7.36. The molecule has 0 spiro atoms. The third-order valence-corrected chi connectivity index (χ3v) is 7.41. The summed E-state index contributed by atoms with van der Waals surface area (Å²) in [7, 11) is 0. The van der Waals surface area contributed by atoms with Gasteiger partial charge < -0.3 is 4.74 Å². The molecule has 3 aromatic rings.